The molecule has 0 saturated carbocycles. The van der Waals surface area contributed by atoms with E-state index >= 15 is 0 Å². The summed E-state index contributed by atoms with van der Waals surface area (Å²) in [5, 5.41) is 11.3. The Morgan fingerprint density at radius 3 is 3.10 bits per heavy atom. The maximum absolute atomic E-state index is 12.4. The Balaban J connectivity index is 1.73. The molecule has 1 aliphatic heterocycles. The summed E-state index contributed by atoms with van der Waals surface area (Å²) in [5.41, 5.74) is 5.24. The van der Waals surface area contributed by atoms with Gasteiger partial charge in [0.05, 0.1) is 6.20 Å². The molecule has 3 heterocycles. The molecular formula is C15H15N5O. The Bertz CT molecular complexity index is 818. The summed E-state index contributed by atoms with van der Waals surface area (Å²) < 4.78 is 0. The number of aryl methyl sites for hydroxylation is 1. The van der Waals surface area contributed by atoms with E-state index < -0.39 is 0 Å². The maximum Gasteiger partial charge on any atom is 0.276 e. The van der Waals surface area contributed by atoms with Gasteiger partial charge in [-0.15, -0.1) is 0 Å². The number of nitrogens with one attached hydrogen (secondary N) is 2. The van der Waals surface area contributed by atoms with Gasteiger partial charge in [0.2, 0.25) is 0 Å². The van der Waals surface area contributed by atoms with Crippen molar-refractivity contribution in [2.45, 2.75) is 19.9 Å². The van der Waals surface area contributed by atoms with Crippen LogP contribution in [0.25, 0.3) is 10.9 Å². The fourth-order valence-electron chi connectivity index (χ4n) is 3.02. The molecule has 1 aromatic carbocycles. The van der Waals surface area contributed by atoms with Crippen LogP contribution >= 0.6 is 0 Å². The quantitative estimate of drug-likeness (QED) is 0.714. The first-order chi connectivity index (χ1) is 10.2. The number of benzene rings is 1. The van der Waals surface area contributed by atoms with Gasteiger partial charge in [-0.3, -0.25) is 4.79 Å². The van der Waals surface area contributed by atoms with Crippen molar-refractivity contribution >= 4 is 16.8 Å². The number of H-pyrrole nitrogens is 2. The number of hydrogen-bond acceptors (Lipinski definition) is 3. The van der Waals surface area contributed by atoms with Crippen molar-refractivity contribution in [3.05, 3.63) is 46.9 Å². The summed E-state index contributed by atoms with van der Waals surface area (Å²) >= 11 is 0. The van der Waals surface area contributed by atoms with Crippen molar-refractivity contribution in [3.8, 4) is 0 Å². The zero-order valence-electron chi connectivity index (χ0n) is 11.7. The van der Waals surface area contributed by atoms with Crippen LogP contribution in [0.15, 0.2) is 24.4 Å². The molecule has 0 aliphatic carbocycles. The molecule has 4 rings (SSSR count). The summed E-state index contributed by atoms with van der Waals surface area (Å²) in [6.07, 6.45) is 2.31. The highest BCUT2D eigenvalue weighted by molar-refractivity contribution is 5.93. The number of carbonyl (C=O) groups excluding carboxylic acids is 1. The molecule has 2 N–H and O–H groups in total. The van der Waals surface area contributed by atoms with Gasteiger partial charge in [-0.1, -0.05) is 18.2 Å². The van der Waals surface area contributed by atoms with Crippen molar-refractivity contribution < 1.29 is 4.79 Å². The molecule has 0 radical (unpaired) electrons. The van der Waals surface area contributed by atoms with Crippen LogP contribution in [0.4, 0.5) is 0 Å². The van der Waals surface area contributed by atoms with E-state index in [1.54, 1.807) is 0 Å². The number of hydrogen-bond donors (Lipinski definition) is 2. The summed E-state index contributed by atoms with van der Waals surface area (Å²) in [4.78, 5) is 17.7. The van der Waals surface area contributed by atoms with Crippen LogP contribution in [0.5, 0.6) is 0 Å². The van der Waals surface area contributed by atoms with Crippen LogP contribution in [-0.4, -0.2) is 37.7 Å². The lowest BCUT2D eigenvalue weighted by molar-refractivity contribution is 0.0729. The van der Waals surface area contributed by atoms with Crippen LogP contribution in [0.1, 0.15) is 27.3 Å². The first kappa shape index (κ1) is 12.1. The van der Waals surface area contributed by atoms with E-state index in [-0.39, 0.29) is 5.91 Å². The van der Waals surface area contributed by atoms with Gasteiger partial charge in [-0.2, -0.15) is 15.4 Å². The highest BCUT2D eigenvalue weighted by Crippen LogP contribution is 2.29. The first-order valence-corrected chi connectivity index (χ1v) is 6.98. The second-order valence-corrected chi connectivity index (χ2v) is 5.41. The number of amides is 1. The number of carbonyl (C=O) groups is 1. The van der Waals surface area contributed by atoms with Gasteiger partial charge in [0.15, 0.2) is 5.69 Å². The minimum absolute atomic E-state index is 0.0728. The van der Waals surface area contributed by atoms with E-state index in [2.05, 4.69) is 45.5 Å². The molecular weight excluding hydrogens is 266 g/mol. The van der Waals surface area contributed by atoms with Gasteiger partial charge in [-0.25, -0.2) is 0 Å². The lowest BCUT2D eigenvalue weighted by Gasteiger charge is -2.26. The Hall–Kier alpha value is -2.63. The van der Waals surface area contributed by atoms with E-state index in [0.29, 0.717) is 18.8 Å². The predicted octanol–water partition coefficient (Wildman–Crippen LogP) is 1.79. The Morgan fingerprint density at radius 2 is 2.29 bits per heavy atom. The fourth-order valence-corrected chi connectivity index (χ4v) is 3.02. The maximum atomic E-state index is 12.4. The van der Waals surface area contributed by atoms with Gasteiger partial charge in [0.1, 0.15) is 0 Å². The Labute approximate surface area is 121 Å². The molecule has 6 heteroatoms. The van der Waals surface area contributed by atoms with Crippen molar-refractivity contribution in [2.24, 2.45) is 0 Å². The SMILES string of the molecule is Cc1cccc2c3c([nH]c12)CCN(C(=O)c1cn[nH]n1)C3. The van der Waals surface area contributed by atoms with Crippen LogP contribution in [0.3, 0.4) is 0 Å². The smallest absolute Gasteiger partial charge is 0.276 e. The van der Waals surface area contributed by atoms with Crippen LogP contribution < -0.4 is 0 Å². The van der Waals surface area contributed by atoms with Crippen molar-refractivity contribution in [2.75, 3.05) is 6.54 Å². The summed E-state index contributed by atoms with van der Waals surface area (Å²) in [6, 6.07) is 6.27. The molecule has 21 heavy (non-hydrogen) atoms. The van der Waals surface area contributed by atoms with E-state index in [1.807, 2.05) is 4.90 Å². The van der Waals surface area contributed by atoms with E-state index in [9.17, 15) is 4.79 Å². The minimum atomic E-state index is -0.0728. The van der Waals surface area contributed by atoms with Crippen LogP contribution in [-0.2, 0) is 13.0 Å². The molecule has 1 aliphatic rings. The lowest BCUT2D eigenvalue weighted by Crippen LogP contribution is -2.36. The molecule has 0 fully saturated rings. The van der Waals surface area contributed by atoms with Gasteiger partial charge in [-0.05, 0) is 12.5 Å². The third kappa shape index (κ3) is 1.83. The van der Waals surface area contributed by atoms with Gasteiger partial charge in [0.25, 0.3) is 5.91 Å². The van der Waals surface area contributed by atoms with E-state index in [0.717, 1.165) is 6.42 Å². The normalized spacial score (nSPS) is 14.4. The number of aromatic amines is 2. The molecule has 0 bridgehead atoms. The number of fused-ring (bicyclic) bond motifs is 3. The number of nitrogens with zero attached hydrogens (tertiary/aromatic N) is 3. The standard InChI is InChI=1S/C15H15N5O/c1-9-3-2-4-10-11-8-20(6-5-12(11)17-14(9)10)15(21)13-7-16-19-18-13/h2-4,7,17H,5-6,8H2,1H3,(H,16,18,19). The molecule has 2 aromatic heterocycles. The van der Waals surface area contributed by atoms with Crippen LogP contribution in [0, 0.1) is 6.92 Å². The molecule has 0 saturated heterocycles. The number of rotatable bonds is 1. The Kier molecular flexibility index (Phi) is 2.57. The van der Waals surface area contributed by atoms with E-state index in [4.69, 9.17) is 0 Å². The van der Waals surface area contributed by atoms with Gasteiger partial charge in [0, 0.05) is 41.7 Å². The summed E-state index contributed by atoms with van der Waals surface area (Å²) in [7, 11) is 0. The molecule has 6 nitrogen and oxygen atoms in total. The summed E-state index contributed by atoms with van der Waals surface area (Å²) in [6.45, 7) is 3.41. The average Bonchev–Trinajstić information content (AvgIpc) is 3.14. The lowest BCUT2D eigenvalue weighted by atomic mass is 10.0. The van der Waals surface area contributed by atoms with E-state index in [1.165, 1.54) is 33.9 Å². The molecule has 0 unspecified atom stereocenters. The third-order valence-corrected chi connectivity index (χ3v) is 4.14. The fraction of sp³-hybridized carbons (Fsp3) is 0.267. The minimum Gasteiger partial charge on any atom is -0.358 e. The second-order valence-electron chi connectivity index (χ2n) is 5.41. The number of aromatic nitrogens is 4. The Morgan fingerprint density at radius 1 is 1.38 bits per heavy atom. The predicted molar refractivity (Wildman–Crippen MR) is 77.9 cm³/mol. The van der Waals surface area contributed by atoms with Crippen molar-refractivity contribution in [3.63, 3.8) is 0 Å². The monoisotopic (exact) mass is 281 g/mol. The molecule has 0 atom stereocenters. The average molecular weight is 281 g/mol. The second kappa shape index (κ2) is 4.44. The van der Waals surface area contributed by atoms with Gasteiger partial charge < -0.3 is 9.88 Å². The van der Waals surface area contributed by atoms with Gasteiger partial charge >= 0.3 is 0 Å². The zero-order chi connectivity index (χ0) is 14.4. The van der Waals surface area contributed by atoms with Crippen LogP contribution in [0.2, 0.25) is 0 Å². The molecule has 0 spiro atoms. The molecule has 1 amide bonds. The zero-order valence-corrected chi connectivity index (χ0v) is 11.7. The highest BCUT2D eigenvalue weighted by atomic mass is 16.2. The first-order valence-electron chi connectivity index (χ1n) is 6.98. The van der Waals surface area contributed by atoms with Crippen molar-refractivity contribution in [1.29, 1.82) is 0 Å². The number of para-hydroxylation sites is 1. The molecule has 3 aromatic rings. The largest absolute Gasteiger partial charge is 0.358 e. The molecule has 106 valence electrons. The topological polar surface area (TPSA) is 77.7 Å². The third-order valence-electron chi connectivity index (χ3n) is 4.14. The highest BCUT2D eigenvalue weighted by Gasteiger charge is 2.26. The van der Waals surface area contributed by atoms with Crippen molar-refractivity contribution in [1.82, 2.24) is 25.3 Å². The summed E-state index contributed by atoms with van der Waals surface area (Å²) in [5.74, 6) is -0.0728.